The molecule has 0 radical (unpaired) electrons. The fraction of sp³-hybridized carbons (Fsp3) is 0. The number of carboxylic acids is 2. The van der Waals surface area contributed by atoms with Crippen molar-refractivity contribution >= 4 is 45.1 Å². The molecule has 8 nitrogen and oxygen atoms in total. The molecule has 3 aromatic carbocycles. The number of rotatable bonds is 4. The van der Waals surface area contributed by atoms with Crippen molar-refractivity contribution in [2.24, 2.45) is 0 Å². The Balaban J connectivity index is 1.96. The number of aromatic nitrogens is 2. The van der Waals surface area contributed by atoms with Crippen LogP contribution >= 0.6 is 0 Å². The van der Waals surface area contributed by atoms with Crippen LogP contribution in [0.3, 0.4) is 0 Å². The van der Waals surface area contributed by atoms with E-state index in [2.05, 4.69) is 9.97 Å². The summed E-state index contributed by atoms with van der Waals surface area (Å²) < 4.78 is 0. The van der Waals surface area contributed by atoms with Crippen molar-refractivity contribution in [1.29, 1.82) is 0 Å². The van der Waals surface area contributed by atoms with Crippen molar-refractivity contribution in [2.75, 3.05) is 11.5 Å². The lowest BCUT2D eigenvalue weighted by atomic mass is 9.94. The van der Waals surface area contributed by atoms with Crippen LogP contribution in [0.15, 0.2) is 72.8 Å². The summed E-state index contributed by atoms with van der Waals surface area (Å²) in [5.74, 6) is -2.45. The van der Waals surface area contributed by atoms with Gasteiger partial charge in [0, 0.05) is 33.3 Å². The fourth-order valence-corrected chi connectivity index (χ4v) is 4.12. The van der Waals surface area contributed by atoms with Crippen molar-refractivity contribution in [3.8, 4) is 22.3 Å². The number of para-hydroxylation sites is 2. The van der Waals surface area contributed by atoms with Crippen molar-refractivity contribution < 1.29 is 19.8 Å². The molecule has 0 unspecified atom stereocenters. The summed E-state index contributed by atoms with van der Waals surface area (Å²) in [6.45, 7) is 0. The number of pyridine rings is 2. The average Bonchev–Trinajstić information content (AvgIpc) is 2.83. The maximum absolute atomic E-state index is 11.9. The number of fused-ring (bicyclic) bond motifs is 3. The summed E-state index contributed by atoms with van der Waals surface area (Å²) in [6.07, 6.45) is 0. The third-order valence-corrected chi connectivity index (χ3v) is 5.70. The Labute approximate surface area is 193 Å². The molecule has 8 heteroatoms. The number of nitrogens with zero attached hydrogens (tertiary/aromatic N) is 2. The van der Waals surface area contributed by atoms with Gasteiger partial charge in [-0.25, -0.2) is 19.6 Å². The second-order valence-electron chi connectivity index (χ2n) is 7.75. The SMILES string of the molecule is Nc1ccccc1-c1cc(C(=O)O)nc2c1ccc1c(-c3ccccc3N)cc(C(=O)O)nc12. The van der Waals surface area contributed by atoms with Crippen molar-refractivity contribution in [2.45, 2.75) is 0 Å². The molecule has 0 saturated heterocycles. The number of nitrogen functional groups attached to an aromatic ring is 2. The van der Waals surface area contributed by atoms with Gasteiger partial charge in [-0.05, 0) is 35.4 Å². The third-order valence-electron chi connectivity index (χ3n) is 5.70. The molecule has 0 atom stereocenters. The number of aromatic carboxylic acids is 2. The van der Waals surface area contributed by atoms with Crippen LogP contribution in [0.4, 0.5) is 11.4 Å². The number of anilines is 2. The van der Waals surface area contributed by atoms with Crippen LogP contribution in [0, 0.1) is 0 Å². The summed E-state index contributed by atoms with van der Waals surface area (Å²) in [7, 11) is 0. The Morgan fingerprint density at radius 3 is 1.32 bits per heavy atom. The third kappa shape index (κ3) is 3.34. The van der Waals surface area contributed by atoms with Gasteiger partial charge in [-0.1, -0.05) is 48.5 Å². The number of hydrogen-bond acceptors (Lipinski definition) is 6. The van der Waals surface area contributed by atoms with Gasteiger partial charge < -0.3 is 21.7 Å². The second-order valence-corrected chi connectivity index (χ2v) is 7.75. The van der Waals surface area contributed by atoms with Crippen molar-refractivity contribution in [3.05, 3.63) is 84.2 Å². The van der Waals surface area contributed by atoms with E-state index in [0.717, 1.165) is 0 Å². The monoisotopic (exact) mass is 450 g/mol. The fourth-order valence-electron chi connectivity index (χ4n) is 4.12. The maximum Gasteiger partial charge on any atom is 0.354 e. The van der Waals surface area contributed by atoms with E-state index in [9.17, 15) is 19.8 Å². The minimum Gasteiger partial charge on any atom is -0.477 e. The Kier molecular flexibility index (Phi) is 4.83. The Bertz CT molecular complexity index is 1520. The molecule has 166 valence electrons. The van der Waals surface area contributed by atoms with Gasteiger partial charge in [0.05, 0.1) is 11.0 Å². The summed E-state index contributed by atoms with van der Waals surface area (Å²) in [5.41, 5.74) is 15.8. The van der Waals surface area contributed by atoms with Crippen molar-refractivity contribution in [1.82, 2.24) is 9.97 Å². The Hall–Kier alpha value is -4.98. The van der Waals surface area contributed by atoms with Crippen LogP contribution in [0.5, 0.6) is 0 Å². The molecule has 0 aliphatic carbocycles. The lowest BCUT2D eigenvalue weighted by Crippen LogP contribution is -2.05. The molecule has 0 saturated carbocycles. The number of nitrogens with two attached hydrogens (primary N) is 2. The molecule has 5 aromatic rings. The molecular weight excluding hydrogens is 432 g/mol. The lowest BCUT2D eigenvalue weighted by Gasteiger charge is -2.15. The smallest absolute Gasteiger partial charge is 0.354 e. The quantitative estimate of drug-likeness (QED) is 0.227. The van der Waals surface area contributed by atoms with E-state index in [0.29, 0.717) is 44.4 Å². The van der Waals surface area contributed by atoms with Crippen LogP contribution in [-0.4, -0.2) is 32.1 Å². The van der Waals surface area contributed by atoms with Gasteiger partial charge in [-0.2, -0.15) is 0 Å². The number of carboxylic acid groups (broad SMARTS) is 2. The predicted octanol–water partition coefficient (Wildman–Crippen LogP) is 4.68. The molecule has 6 N–H and O–H groups in total. The highest BCUT2D eigenvalue weighted by Crippen LogP contribution is 2.39. The van der Waals surface area contributed by atoms with E-state index < -0.39 is 11.9 Å². The molecule has 0 fully saturated rings. The zero-order valence-electron chi connectivity index (χ0n) is 17.7. The van der Waals surface area contributed by atoms with Crippen LogP contribution in [0.25, 0.3) is 44.1 Å². The first-order valence-electron chi connectivity index (χ1n) is 10.3. The normalized spacial score (nSPS) is 11.1. The Morgan fingerprint density at radius 2 is 0.971 bits per heavy atom. The standard InChI is InChI=1S/C26H18N4O4/c27-19-7-3-1-5-13(19)17-11-21(25(31)32)29-23-15(17)9-10-16-18(14-6-2-4-8-20(14)28)12-22(26(33)34)30-24(16)23/h1-12H,27-28H2,(H,31,32)(H,33,34). The highest BCUT2D eigenvalue weighted by Gasteiger charge is 2.20. The van der Waals surface area contributed by atoms with Gasteiger partial charge in [0.1, 0.15) is 11.4 Å². The molecule has 34 heavy (non-hydrogen) atoms. The highest BCUT2D eigenvalue weighted by atomic mass is 16.4. The second kappa shape index (κ2) is 7.86. The van der Waals surface area contributed by atoms with Crippen LogP contribution < -0.4 is 11.5 Å². The van der Waals surface area contributed by atoms with Crippen molar-refractivity contribution in [3.63, 3.8) is 0 Å². The van der Waals surface area contributed by atoms with Gasteiger partial charge in [0.25, 0.3) is 0 Å². The minimum absolute atomic E-state index is 0.207. The van der Waals surface area contributed by atoms with Crippen LogP contribution in [-0.2, 0) is 0 Å². The van der Waals surface area contributed by atoms with Crippen LogP contribution in [0.2, 0.25) is 0 Å². The van der Waals surface area contributed by atoms with E-state index in [4.69, 9.17) is 11.5 Å². The van der Waals surface area contributed by atoms with E-state index in [-0.39, 0.29) is 22.4 Å². The summed E-state index contributed by atoms with van der Waals surface area (Å²) in [4.78, 5) is 32.6. The molecule has 0 bridgehead atoms. The molecule has 5 rings (SSSR count). The van der Waals surface area contributed by atoms with Gasteiger partial charge in [0.15, 0.2) is 0 Å². The van der Waals surface area contributed by atoms with Gasteiger partial charge >= 0.3 is 11.9 Å². The number of benzene rings is 3. The summed E-state index contributed by atoms with van der Waals surface area (Å²) >= 11 is 0. The van der Waals surface area contributed by atoms with Crippen LogP contribution in [0.1, 0.15) is 21.0 Å². The zero-order valence-corrected chi connectivity index (χ0v) is 17.7. The van der Waals surface area contributed by atoms with Gasteiger partial charge in [0.2, 0.25) is 0 Å². The molecule has 2 heterocycles. The Morgan fingerprint density at radius 1 is 0.588 bits per heavy atom. The molecular formula is C26H18N4O4. The highest BCUT2D eigenvalue weighted by molar-refractivity contribution is 6.15. The summed E-state index contributed by atoms with van der Waals surface area (Å²) in [5, 5.41) is 20.7. The lowest BCUT2D eigenvalue weighted by molar-refractivity contribution is 0.0680. The largest absolute Gasteiger partial charge is 0.477 e. The molecule has 0 aliphatic heterocycles. The van der Waals surface area contributed by atoms with E-state index in [1.165, 1.54) is 12.1 Å². The first-order chi connectivity index (χ1) is 16.3. The van der Waals surface area contributed by atoms with E-state index in [1.807, 2.05) is 12.1 Å². The minimum atomic E-state index is -1.23. The molecule has 0 spiro atoms. The summed E-state index contributed by atoms with van der Waals surface area (Å²) in [6, 6.07) is 20.7. The first kappa shape index (κ1) is 20.9. The van der Waals surface area contributed by atoms with Gasteiger partial charge in [-0.15, -0.1) is 0 Å². The van der Waals surface area contributed by atoms with Gasteiger partial charge in [-0.3, -0.25) is 0 Å². The molecule has 0 amide bonds. The first-order valence-corrected chi connectivity index (χ1v) is 10.3. The average molecular weight is 450 g/mol. The molecule has 0 aliphatic rings. The van der Waals surface area contributed by atoms with E-state index >= 15 is 0 Å². The maximum atomic E-state index is 11.9. The van der Waals surface area contributed by atoms with E-state index in [1.54, 1.807) is 48.5 Å². The zero-order chi connectivity index (χ0) is 24.0. The molecule has 2 aromatic heterocycles. The number of carbonyl (C=O) groups is 2. The predicted molar refractivity (Wildman–Crippen MR) is 131 cm³/mol. The topological polar surface area (TPSA) is 152 Å². The number of hydrogen-bond donors (Lipinski definition) is 4.